The van der Waals surface area contributed by atoms with Gasteiger partial charge >= 0.3 is 5.97 Å². The van der Waals surface area contributed by atoms with Crippen molar-refractivity contribution in [2.45, 2.75) is 85.3 Å². The van der Waals surface area contributed by atoms with E-state index in [2.05, 4.69) is 51.5 Å². The first-order valence-electron chi connectivity index (χ1n) is 10.4. The molecule has 0 aliphatic rings. The van der Waals surface area contributed by atoms with Crippen LogP contribution in [-0.4, -0.2) is 35.7 Å². The summed E-state index contributed by atoms with van der Waals surface area (Å²) >= 11 is 0. The van der Waals surface area contributed by atoms with Crippen LogP contribution < -0.4 is 10.6 Å². The Labute approximate surface area is 170 Å². The molecule has 3 N–H and O–H groups in total. The molecule has 0 heterocycles. The predicted octanol–water partition coefficient (Wildman–Crippen LogP) is 4.23. The lowest BCUT2D eigenvalue weighted by atomic mass is 9.94. The minimum atomic E-state index is -1.06. The average molecular weight is 397 g/mol. The number of aliphatic carboxylic acids is 1. The molecular weight excluding hydrogens is 356 g/mol. The summed E-state index contributed by atoms with van der Waals surface area (Å²) in [6.07, 6.45) is 5.76. The maximum atomic E-state index is 11.8. The first-order valence-corrected chi connectivity index (χ1v) is 10.4. The van der Waals surface area contributed by atoms with Crippen molar-refractivity contribution in [1.29, 1.82) is 0 Å². The fourth-order valence-electron chi connectivity index (χ4n) is 2.74. The van der Waals surface area contributed by atoms with Gasteiger partial charge in [-0.2, -0.15) is 0 Å². The second-order valence-corrected chi connectivity index (χ2v) is 7.82. The summed E-state index contributed by atoms with van der Waals surface area (Å²) in [4.78, 5) is 22.6. The molecule has 0 radical (unpaired) electrons. The summed E-state index contributed by atoms with van der Waals surface area (Å²) in [6, 6.07) is -0.920. The van der Waals surface area contributed by atoms with E-state index in [-0.39, 0.29) is 18.6 Å². The second kappa shape index (κ2) is 14.1. The molecule has 6 heteroatoms. The van der Waals surface area contributed by atoms with Crippen LogP contribution in [0.1, 0.15) is 73.1 Å². The Balaban J connectivity index is 4.69. The zero-order valence-corrected chi connectivity index (χ0v) is 18.3. The first kappa shape index (κ1) is 26.0. The Kier molecular flexibility index (Phi) is 13.1. The van der Waals surface area contributed by atoms with Gasteiger partial charge in [-0.05, 0) is 25.2 Å². The lowest BCUT2D eigenvalue weighted by molar-refractivity contribution is -0.141. The topological polar surface area (TPSA) is 87.7 Å². The largest absolute Gasteiger partial charge is 0.495 e. The van der Waals surface area contributed by atoms with E-state index in [1.54, 1.807) is 0 Å². The van der Waals surface area contributed by atoms with Gasteiger partial charge in [0, 0.05) is 18.5 Å². The molecule has 0 aromatic rings. The third-order valence-corrected chi connectivity index (χ3v) is 4.93. The SMILES string of the molecule is C=C(CC(OC(=C)CC(C)CC)C(C)CCCC)NCC(=O)NC(C)C(=O)O. The zero-order valence-electron chi connectivity index (χ0n) is 18.3. The van der Waals surface area contributed by atoms with Crippen LogP contribution in [0.3, 0.4) is 0 Å². The minimum Gasteiger partial charge on any atom is -0.495 e. The summed E-state index contributed by atoms with van der Waals surface area (Å²) in [5.74, 6) is 0.218. The molecule has 4 atom stereocenters. The number of ether oxygens (including phenoxy) is 1. The van der Waals surface area contributed by atoms with Crippen molar-refractivity contribution < 1.29 is 19.4 Å². The van der Waals surface area contributed by atoms with Crippen molar-refractivity contribution in [3.05, 3.63) is 24.6 Å². The van der Waals surface area contributed by atoms with E-state index in [1.807, 2.05) is 0 Å². The molecule has 0 saturated heterocycles. The lowest BCUT2D eigenvalue weighted by Gasteiger charge is -2.28. The molecule has 0 spiro atoms. The normalized spacial score (nSPS) is 15.0. The fraction of sp³-hybridized carbons (Fsp3) is 0.727. The van der Waals surface area contributed by atoms with Crippen LogP contribution in [-0.2, 0) is 14.3 Å². The van der Waals surface area contributed by atoms with Crippen LogP contribution >= 0.6 is 0 Å². The van der Waals surface area contributed by atoms with E-state index in [0.29, 0.717) is 24.0 Å². The van der Waals surface area contributed by atoms with E-state index in [4.69, 9.17) is 9.84 Å². The lowest BCUT2D eigenvalue weighted by Crippen LogP contribution is -2.42. The van der Waals surface area contributed by atoms with Gasteiger partial charge in [0.1, 0.15) is 12.1 Å². The van der Waals surface area contributed by atoms with Crippen molar-refractivity contribution in [3.63, 3.8) is 0 Å². The van der Waals surface area contributed by atoms with Gasteiger partial charge in [-0.15, -0.1) is 0 Å². The van der Waals surface area contributed by atoms with Crippen molar-refractivity contribution in [2.75, 3.05) is 6.54 Å². The van der Waals surface area contributed by atoms with Crippen molar-refractivity contribution in [2.24, 2.45) is 11.8 Å². The molecule has 6 nitrogen and oxygen atoms in total. The average Bonchev–Trinajstić information content (AvgIpc) is 2.63. The molecule has 0 aliphatic carbocycles. The smallest absolute Gasteiger partial charge is 0.325 e. The second-order valence-electron chi connectivity index (χ2n) is 7.82. The number of carbonyl (C=O) groups excluding carboxylic acids is 1. The number of nitrogens with one attached hydrogen (secondary N) is 2. The highest BCUT2D eigenvalue weighted by molar-refractivity contribution is 5.84. The van der Waals surface area contributed by atoms with Crippen LogP contribution in [0.25, 0.3) is 0 Å². The number of amides is 1. The van der Waals surface area contributed by atoms with Gasteiger partial charge in [-0.25, -0.2) is 0 Å². The maximum absolute atomic E-state index is 11.8. The van der Waals surface area contributed by atoms with Crippen LogP contribution in [0, 0.1) is 11.8 Å². The predicted molar refractivity (Wildman–Crippen MR) is 114 cm³/mol. The quantitative estimate of drug-likeness (QED) is 0.340. The fourth-order valence-corrected chi connectivity index (χ4v) is 2.74. The third-order valence-electron chi connectivity index (χ3n) is 4.93. The summed E-state index contributed by atoms with van der Waals surface area (Å²) in [5, 5.41) is 14.2. The number of carboxylic acids is 1. The van der Waals surface area contributed by atoms with Crippen molar-refractivity contribution in [3.8, 4) is 0 Å². The molecule has 1 amide bonds. The van der Waals surface area contributed by atoms with Gasteiger partial charge in [-0.1, -0.05) is 60.1 Å². The molecular formula is C22H40N2O4. The minimum absolute atomic E-state index is 0.0136. The summed E-state index contributed by atoms with van der Waals surface area (Å²) in [5.41, 5.74) is 0.697. The summed E-state index contributed by atoms with van der Waals surface area (Å²) in [6.45, 7) is 18.2. The van der Waals surface area contributed by atoms with Gasteiger partial charge in [0.25, 0.3) is 0 Å². The Bertz CT molecular complexity index is 519. The van der Waals surface area contributed by atoms with Crippen molar-refractivity contribution in [1.82, 2.24) is 10.6 Å². The first-order chi connectivity index (χ1) is 13.1. The highest BCUT2D eigenvalue weighted by Gasteiger charge is 2.21. The van der Waals surface area contributed by atoms with E-state index >= 15 is 0 Å². The highest BCUT2D eigenvalue weighted by Crippen LogP contribution is 2.25. The number of unbranched alkanes of at least 4 members (excludes halogenated alkanes) is 1. The molecule has 28 heavy (non-hydrogen) atoms. The monoisotopic (exact) mass is 396 g/mol. The van der Waals surface area contributed by atoms with Crippen molar-refractivity contribution >= 4 is 11.9 Å². The van der Waals surface area contributed by atoms with E-state index in [0.717, 1.165) is 37.9 Å². The molecule has 0 rings (SSSR count). The number of carbonyl (C=O) groups is 2. The zero-order chi connectivity index (χ0) is 21.7. The number of allylic oxidation sites excluding steroid dienone is 1. The molecule has 0 aromatic heterocycles. The van der Waals surface area contributed by atoms with Gasteiger partial charge in [0.2, 0.25) is 5.91 Å². The number of hydrogen-bond acceptors (Lipinski definition) is 4. The van der Waals surface area contributed by atoms with E-state index in [1.165, 1.54) is 6.92 Å². The summed E-state index contributed by atoms with van der Waals surface area (Å²) < 4.78 is 6.18. The van der Waals surface area contributed by atoms with Gasteiger partial charge in [0.15, 0.2) is 0 Å². The van der Waals surface area contributed by atoms with E-state index in [9.17, 15) is 9.59 Å². The molecule has 0 aliphatic heterocycles. The van der Waals surface area contributed by atoms with Gasteiger partial charge < -0.3 is 20.5 Å². The van der Waals surface area contributed by atoms with Crippen LogP contribution in [0.15, 0.2) is 24.6 Å². The Morgan fingerprint density at radius 1 is 1.11 bits per heavy atom. The van der Waals surface area contributed by atoms with E-state index < -0.39 is 12.0 Å². The Morgan fingerprint density at radius 3 is 2.29 bits per heavy atom. The number of rotatable bonds is 16. The molecule has 0 bridgehead atoms. The molecule has 4 unspecified atom stereocenters. The van der Waals surface area contributed by atoms with Crippen LogP contribution in [0.2, 0.25) is 0 Å². The highest BCUT2D eigenvalue weighted by atomic mass is 16.5. The maximum Gasteiger partial charge on any atom is 0.325 e. The Morgan fingerprint density at radius 2 is 1.75 bits per heavy atom. The van der Waals surface area contributed by atoms with Crippen LogP contribution in [0.5, 0.6) is 0 Å². The van der Waals surface area contributed by atoms with Gasteiger partial charge in [0.05, 0.1) is 12.3 Å². The molecule has 0 saturated carbocycles. The standard InChI is InChI=1S/C22H40N2O4/c1-8-10-11-16(4)20(28-18(6)12-15(3)9-2)13-17(5)23-14-21(25)24-19(7)22(26)27/h15-16,19-20,23H,5-6,8-14H2,1-4,7H3,(H,24,25)(H,26,27). The van der Waals surface area contributed by atoms with Crippen LogP contribution in [0.4, 0.5) is 0 Å². The molecule has 0 aromatic carbocycles. The molecule has 0 fully saturated rings. The number of carboxylic acid groups (broad SMARTS) is 1. The third kappa shape index (κ3) is 11.7. The Hall–Kier alpha value is -1.98. The summed E-state index contributed by atoms with van der Waals surface area (Å²) in [7, 11) is 0. The van der Waals surface area contributed by atoms with Gasteiger partial charge in [-0.3, -0.25) is 9.59 Å². The number of hydrogen-bond donors (Lipinski definition) is 3. The molecule has 162 valence electrons.